The Morgan fingerprint density at radius 3 is 1.06 bits per heavy atom. The predicted molar refractivity (Wildman–Crippen MR) is 576 cm³/mol. The topological polar surface area (TPSA) is 275 Å². The van der Waals surface area contributed by atoms with Crippen LogP contribution < -0.4 is 53.2 Å². The van der Waals surface area contributed by atoms with E-state index in [0.717, 1.165) is 265 Å². The minimum atomic E-state index is -0.305. The summed E-state index contributed by atoms with van der Waals surface area (Å²) in [6.45, 7) is 48.3. The number of rotatable bonds is 38. The molecular weight excluding hydrogens is 1740 g/mol. The number of nitrogens with zero attached hydrogens (tertiary/aromatic N) is 11. The summed E-state index contributed by atoms with van der Waals surface area (Å²) in [5.41, 5.74) is -0.681. The van der Waals surface area contributed by atoms with Gasteiger partial charge in [0, 0.05) is 160 Å². The number of likely N-dealkylation sites (tertiary alicyclic amines) is 4. The van der Waals surface area contributed by atoms with Crippen molar-refractivity contribution in [1.82, 2.24) is 107 Å². The number of amides is 7. The monoisotopic (exact) mass is 1950 g/mol. The number of benzene rings is 1. The van der Waals surface area contributed by atoms with Crippen LogP contribution in [-0.4, -0.2) is 383 Å². The number of carbonyl (C=O) groups is 7. The summed E-state index contributed by atoms with van der Waals surface area (Å²) in [6, 6.07) is 14.9. The van der Waals surface area contributed by atoms with Gasteiger partial charge in [-0.05, 0) is 352 Å². The summed E-state index contributed by atoms with van der Waals surface area (Å²) < 4.78 is 0. The third-order valence-corrected chi connectivity index (χ3v) is 31.5. The highest BCUT2D eigenvalue weighted by Crippen LogP contribution is 2.39. The third kappa shape index (κ3) is 38.9. The van der Waals surface area contributed by atoms with Gasteiger partial charge >= 0.3 is 0 Å². The van der Waals surface area contributed by atoms with Crippen molar-refractivity contribution in [1.29, 1.82) is 0 Å². The van der Waals surface area contributed by atoms with Gasteiger partial charge in [-0.15, -0.1) is 0 Å². The number of likely N-dealkylation sites (N-methyl/N-ethyl adjacent to an activating group) is 4. The van der Waals surface area contributed by atoms with E-state index in [2.05, 4.69) is 253 Å². The molecule has 1 unspecified atom stereocenters. The predicted octanol–water partition coefficient (Wildman–Crippen LogP) is 12.4. The highest BCUT2D eigenvalue weighted by Gasteiger charge is 2.50. The van der Waals surface area contributed by atoms with Crippen LogP contribution in [-0.2, 0) is 40.1 Å². The standard InChI is InChI=1S/C20H31N3O.C18H33N3O.2C16H31N3O.2C14H29N3O.C13H27N3O/c1-17(2)21-20(10-6-7-11-20)19(24)23-14-12-22(13-15-23)16-18-8-4-3-5-9-18;1-15(2)19-18(9-3-4-10-18)17(22)21-13-7-16(8-14-21)20-11-5-6-12-20;1-13(2)17-16(9-5-6-10-16)15(20)19(4)14-7-11-18(3)12-8-14;1-13(2)18-16(9-4-5-10-16)15(20)17-11-8-14-7-6-12-19(14)3;1-12(2)15-14(8-6-7-9-14)13(18)17(5)11-10-16(3)4;1-12(2)16-14(8-5-6-9-14)13(18)15-10-7-11-17(3)4;1-11(2)15-13(7-5-6-8-13)12(17)14-9-10-16(3)4/h3-5,8-9,17,21H,6-7,10-16H2,1-2H3;15-16,19H,3-14H2,1-2H3;13-14,17H,5-12H2,1-4H3;13-14,18H,4-12H2,1-3H3,(H,17,20);12,15H,6-11H2,1-5H3;12,16H,5-11H2,1-4H3,(H,15,18);11,15H,5-10H2,1-4H3,(H,14,17). The molecule has 10 N–H and O–H groups in total. The van der Waals surface area contributed by atoms with Crippen LogP contribution in [0.1, 0.15) is 346 Å². The second-order valence-electron chi connectivity index (χ2n) is 47.2. The molecule has 0 aromatic heterocycles. The Balaban J connectivity index is 0.000000221. The first-order valence-corrected chi connectivity index (χ1v) is 56.2. The zero-order valence-corrected chi connectivity index (χ0v) is 93.2. The lowest BCUT2D eigenvalue weighted by Gasteiger charge is -2.41. The van der Waals surface area contributed by atoms with Crippen molar-refractivity contribution in [2.24, 2.45) is 0 Å². The van der Waals surface area contributed by atoms with Crippen molar-refractivity contribution in [3.8, 4) is 0 Å². The highest BCUT2D eigenvalue weighted by atomic mass is 16.2. The van der Waals surface area contributed by atoms with E-state index in [-0.39, 0.29) is 62.4 Å². The quantitative estimate of drug-likeness (QED) is 0.0276. The molecule has 5 aliphatic heterocycles. The number of nitrogens with one attached hydrogen (secondary N) is 10. The van der Waals surface area contributed by atoms with Crippen LogP contribution in [0.3, 0.4) is 0 Å². The highest BCUT2D eigenvalue weighted by molar-refractivity contribution is 5.90. The number of piperidine rings is 2. The molecule has 5 saturated heterocycles. The molecule has 0 bridgehead atoms. The minimum absolute atomic E-state index is 0.186. The van der Waals surface area contributed by atoms with Gasteiger partial charge in [-0.3, -0.25) is 38.5 Å². The molecule has 7 aliphatic carbocycles. The Morgan fingerprint density at radius 2 is 0.683 bits per heavy atom. The molecule has 802 valence electrons. The fraction of sp³-hybridized carbons (Fsp3) is 0.883. The lowest BCUT2D eigenvalue weighted by molar-refractivity contribution is -0.141. The first kappa shape index (κ1) is 121. The lowest BCUT2D eigenvalue weighted by atomic mass is 9.92. The molecule has 5 heterocycles. The first-order chi connectivity index (χ1) is 66.0. The average molecular weight is 1950 g/mol. The first-order valence-electron chi connectivity index (χ1n) is 56.2. The maximum absolute atomic E-state index is 13.2. The summed E-state index contributed by atoms with van der Waals surface area (Å²) in [7, 11) is 20.5. The van der Waals surface area contributed by atoms with E-state index >= 15 is 0 Å². The van der Waals surface area contributed by atoms with Crippen molar-refractivity contribution in [2.45, 2.75) is 447 Å². The molecule has 12 fully saturated rings. The molecule has 7 saturated carbocycles. The molecule has 1 atom stereocenters. The van der Waals surface area contributed by atoms with Gasteiger partial charge in [-0.2, -0.15) is 0 Å². The molecule has 7 amide bonds. The van der Waals surface area contributed by atoms with Crippen LogP contribution >= 0.6 is 0 Å². The van der Waals surface area contributed by atoms with Gasteiger partial charge in [-0.1, -0.05) is 120 Å². The van der Waals surface area contributed by atoms with Gasteiger partial charge < -0.3 is 102 Å². The molecule has 28 nitrogen and oxygen atoms in total. The molecule has 139 heavy (non-hydrogen) atoms. The van der Waals surface area contributed by atoms with Crippen LogP contribution in [0.5, 0.6) is 0 Å². The summed E-state index contributed by atoms with van der Waals surface area (Å²) in [6.07, 6.45) is 42.2. The maximum Gasteiger partial charge on any atom is 0.242 e. The number of hydrogen-bond donors (Lipinski definition) is 10. The summed E-state index contributed by atoms with van der Waals surface area (Å²) >= 11 is 0. The fourth-order valence-electron chi connectivity index (χ4n) is 24.7. The molecular formula is C111H211N21O7. The fourth-order valence-corrected chi connectivity index (χ4v) is 24.7. The van der Waals surface area contributed by atoms with Crippen LogP contribution in [0, 0.1) is 0 Å². The lowest BCUT2D eigenvalue weighted by Crippen LogP contribution is -2.61. The molecule has 1 aromatic carbocycles. The number of piperazine rings is 1. The number of carbonyl (C=O) groups excluding carboxylic acids is 7. The van der Waals surface area contributed by atoms with Crippen molar-refractivity contribution < 1.29 is 33.6 Å². The van der Waals surface area contributed by atoms with Crippen molar-refractivity contribution in [3.05, 3.63) is 35.9 Å². The molecule has 28 heteroatoms. The maximum atomic E-state index is 13.2. The summed E-state index contributed by atoms with van der Waals surface area (Å²) in [5.74, 6) is 1.95. The van der Waals surface area contributed by atoms with Gasteiger partial charge in [0.2, 0.25) is 41.4 Å². The van der Waals surface area contributed by atoms with E-state index in [9.17, 15) is 33.6 Å². The van der Waals surface area contributed by atoms with Crippen molar-refractivity contribution in [2.75, 3.05) is 188 Å². The van der Waals surface area contributed by atoms with Crippen LogP contribution in [0.2, 0.25) is 0 Å². The van der Waals surface area contributed by atoms with Gasteiger partial charge in [0.1, 0.15) is 0 Å². The van der Waals surface area contributed by atoms with E-state index in [1.807, 2.05) is 52.1 Å². The van der Waals surface area contributed by atoms with Gasteiger partial charge in [0.25, 0.3) is 0 Å². The number of hydrogen-bond acceptors (Lipinski definition) is 21. The van der Waals surface area contributed by atoms with Gasteiger partial charge in [0.15, 0.2) is 0 Å². The summed E-state index contributed by atoms with van der Waals surface area (Å²) in [5, 5.41) is 34.1. The van der Waals surface area contributed by atoms with Crippen LogP contribution in [0.25, 0.3) is 0 Å². The minimum Gasteiger partial charge on any atom is -0.354 e. The Morgan fingerprint density at radius 1 is 0.338 bits per heavy atom. The molecule has 0 radical (unpaired) electrons. The second kappa shape index (κ2) is 60.3. The normalized spacial score (nSPS) is 22.4. The zero-order valence-electron chi connectivity index (χ0n) is 93.2. The Kier molecular flexibility index (Phi) is 52.4. The molecule has 0 spiro atoms. The molecule has 12 aliphatic rings. The molecule has 1 aromatic rings. The van der Waals surface area contributed by atoms with Crippen molar-refractivity contribution >= 4 is 41.4 Å². The van der Waals surface area contributed by atoms with Crippen LogP contribution in [0.15, 0.2) is 30.3 Å². The third-order valence-electron chi connectivity index (χ3n) is 31.5. The smallest absolute Gasteiger partial charge is 0.242 e. The van der Waals surface area contributed by atoms with E-state index in [0.29, 0.717) is 72.1 Å². The van der Waals surface area contributed by atoms with E-state index in [1.54, 1.807) is 0 Å². The Hall–Kier alpha value is -5.05. The largest absolute Gasteiger partial charge is 0.354 e. The summed E-state index contributed by atoms with van der Waals surface area (Å²) in [4.78, 5) is 114. The van der Waals surface area contributed by atoms with Gasteiger partial charge in [-0.25, -0.2) is 0 Å². The zero-order chi connectivity index (χ0) is 102. The Bertz CT molecular complexity index is 3620. The second-order valence-corrected chi connectivity index (χ2v) is 47.2. The molecule has 13 rings (SSSR count). The Labute approximate surface area is 848 Å². The van der Waals surface area contributed by atoms with E-state index in [4.69, 9.17) is 0 Å². The SMILES string of the molecule is CC(C)NC1(C(=O)N(C)C2CCN(C)CC2)CCCC1.CC(C)NC1(C(=O)N(C)CCN(C)C)CCCC1.CC(C)NC1(C(=O)N2CCC(N3CCCC3)CC2)CCCC1.CC(C)NC1(C(=O)N2CCN(Cc3ccccc3)CC2)CCCC1.CC(C)NC1(C(=O)NCCC2CCCN2C)CCCC1.CC(C)NC1(C(=O)NCCCN(C)C)CCCC1.CC(C)NC1(C(=O)NCCN(C)C)CCCC1. The van der Waals surface area contributed by atoms with E-state index in [1.165, 1.54) is 115 Å². The van der Waals surface area contributed by atoms with Gasteiger partial charge in [0.05, 0.1) is 38.8 Å². The van der Waals surface area contributed by atoms with E-state index < -0.39 is 0 Å². The average Bonchev–Trinajstić information content (AvgIpc) is 1.70. The van der Waals surface area contributed by atoms with Crippen molar-refractivity contribution in [3.63, 3.8) is 0 Å². The van der Waals surface area contributed by atoms with Crippen LogP contribution in [0.4, 0.5) is 0 Å².